The van der Waals surface area contributed by atoms with Crippen molar-refractivity contribution in [2.45, 2.75) is 33.6 Å². The number of aromatic nitrogens is 3. The number of hydrogen-bond donors (Lipinski definition) is 1. The lowest BCUT2D eigenvalue weighted by atomic mass is 9.75. The Hall–Kier alpha value is -2.69. The summed E-state index contributed by atoms with van der Waals surface area (Å²) >= 11 is 0. The van der Waals surface area contributed by atoms with E-state index in [4.69, 9.17) is 5.73 Å². The van der Waals surface area contributed by atoms with Crippen LogP contribution in [0.4, 0.5) is 5.82 Å². The van der Waals surface area contributed by atoms with Crippen molar-refractivity contribution in [1.29, 1.82) is 0 Å². The molecule has 0 atom stereocenters. The third-order valence-electron chi connectivity index (χ3n) is 4.74. The van der Waals surface area contributed by atoms with Crippen molar-refractivity contribution >= 4 is 22.4 Å². The fourth-order valence-corrected chi connectivity index (χ4v) is 3.67. The van der Waals surface area contributed by atoms with Crippen LogP contribution in [0.25, 0.3) is 16.5 Å². The van der Waals surface area contributed by atoms with E-state index >= 15 is 0 Å². The number of nitrogens with two attached hydrogens (primary N) is 1. The monoisotopic (exact) mass is 320 g/mol. The molecule has 3 aromatic rings. The van der Waals surface area contributed by atoms with Gasteiger partial charge in [0, 0.05) is 18.0 Å². The Morgan fingerprint density at radius 2 is 2.00 bits per heavy atom. The molecule has 0 saturated heterocycles. The van der Waals surface area contributed by atoms with E-state index in [2.05, 4.69) is 23.9 Å². The van der Waals surface area contributed by atoms with Crippen molar-refractivity contribution in [3.63, 3.8) is 0 Å². The minimum absolute atomic E-state index is 0.0422. The lowest BCUT2D eigenvalue weighted by Gasteiger charge is -2.29. The summed E-state index contributed by atoms with van der Waals surface area (Å²) in [5.41, 5.74) is 9.45. The molecular formula is C19H20N4O. The average Bonchev–Trinajstić information content (AvgIpc) is 2.82. The molecule has 2 heterocycles. The summed E-state index contributed by atoms with van der Waals surface area (Å²) in [5.74, 6) is 0.716. The molecule has 0 bridgehead atoms. The number of rotatable bonds is 1. The highest BCUT2D eigenvalue weighted by atomic mass is 16.1. The van der Waals surface area contributed by atoms with E-state index in [1.165, 1.54) is 0 Å². The van der Waals surface area contributed by atoms with Crippen molar-refractivity contribution in [3.05, 3.63) is 47.4 Å². The molecule has 0 spiro atoms. The number of aryl methyl sites for hydroxylation is 1. The minimum atomic E-state index is -0.0422. The Bertz CT molecular complexity index is 984. The quantitative estimate of drug-likeness (QED) is 0.745. The summed E-state index contributed by atoms with van der Waals surface area (Å²) in [4.78, 5) is 16.7. The molecule has 0 aliphatic heterocycles. The maximum Gasteiger partial charge on any atom is 0.167 e. The van der Waals surface area contributed by atoms with Gasteiger partial charge in [-0.2, -0.15) is 5.10 Å². The molecule has 5 nitrogen and oxygen atoms in total. The van der Waals surface area contributed by atoms with Gasteiger partial charge in [0.05, 0.1) is 22.6 Å². The highest BCUT2D eigenvalue weighted by Gasteiger charge is 2.35. The summed E-state index contributed by atoms with van der Waals surface area (Å²) in [6.07, 6.45) is 3.12. The molecule has 1 aliphatic carbocycles. The molecule has 122 valence electrons. The fraction of sp³-hybridized carbons (Fsp3) is 0.316. The van der Waals surface area contributed by atoms with Crippen LogP contribution in [0.3, 0.4) is 0 Å². The van der Waals surface area contributed by atoms with Gasteiger partial charge in [-0.05, 0) is 48.4 Å². The van der Waals surface area contributed by atoms with Crippen molar-refractivity contribution in [3.8, 4) is 5.69 Å². The van der Waals surface area contributed by atoms with Gasteiger partial charge in [0.15, 0.2) is 5.78 Å². The van der Waals surface area contributed by atoms with Crippen LogP contribution in [0.15, 0.2) is 30.5 Å². The number of hydrogen-bond acceptors (Lipinski definition) is 4. The maximum absolute atomic E-state index is 12.5. The molecule has 1 aromatic carbocycles. The van der Waals surface area contributed by atoms with Crippen LogP contribution in [0.2, 0.25) is 0 Å². The Morgan fingerprint density at radius 1 is 1.21 bits per heavy atom. The van der Waals surface area contributed by atoms with Gasteiger partial charge in [0.25, 0.3) is 0 Å². The Labute approximate surface area is 140 Å². The number of nitrogen functional groups attached to an aromatic ring is 1. The van der Waals surface area contributed by atoms with E-state index in [-0.39, 0.29) is 11.2 Å². The molecule has 0 saturated carbocycles. The fourth-order valence-electron chi connectivity index (χ4n) is 3.67. The number of nitrogens with zero attached hydrogens (tertiary/aromatic N) is 3. The van der Waals surface area contributed by atoms with Crippen LogP contribution in [0, 0.1) is 12.3 Å². The third-order valence-corrected chi connectivity index (χ3v) is 4.74. The molecule has 1 aliphatic rings. The molecule has 0 radical (unpaired) electrons. The summed E-state index contributed by atoms with van der Waals surface area (Å²) in [7, 11) is 0. The lowest BCUT2D eigenvalue weighted by Crippen LogP contribution is -2.28. The Kier molecular flexibility index (Phi) is 3.04. The van der Waals surface area contributed by atoms with Gasteiger partial charge in [-0.15, -0.1) is 0 Å². The second kappa shape index (κ2) is 4.90. The van der Waals surface area contributed by atoms with Gasteiger partial charge in [0.1, 0.15) is 5.82 Å². The van der Waals surface area contributed by atoms with E-state index in [1.807, 2.05) is 35.9 Å². The zero-order chi connectivity index (χ0) is 17.1. The zero-order valence-corrected chi connectivity index (χ0v) is 14.1. The topological polar surface area (TPSA) is 73.8 Å². The number of fused-ring (bicyclic) bond motifs is 2. The first-order chi connectivity index (χ1) is 11.4. The van der Waals surface area contributed by atoms with Gasteiger partial charge in [0.2, 0.25) is 0 Å². The summed E-state index contributed by atoms with van der Waals surface area (Å²) in [6, 6.07) is 7.94. The van der Waals surface area contributed by atoms with Gasteiger partial charge < -0.3 is 5.73 Å². The summed E-state index contributed by atoms with van der Waals surface area (Å²) < 4.78 is 1.92. The first kappa shape index (κ1) is 14.9. The van der Waals surface area contributed by atoms with E-state index < -0.39 is 0 Å². The third kappa shape index (κ3) is 2.19. The van der Waals surface area contributed by atoms with E-state index in [1.54, 1.807) is 6.20 Å². The number of benzene rings is 1. The number of anilines is 1. The van der Waals surface area contributed by atoms with Gasteiger partial charge in [-0.25, -0.2) is 9.67 Å². The number of carbonyl (C=O) groups excluding carboxylic acids is 1. The molecule has 4 rings (SSSR count). The number of Topliss-reactive ketones (excluding diaryl/α,β-unsaturated/α-hetero) is 1. The number of carbonyl (C=O) groups is 1. The van der Waals surface area contributed by atoms with Gasteiger partial charge >= 0.3 is 0 Å². The molecule has 0 unspecified atom stereocenters. The van der Waals surface area contributed by atoms with Crippen LogP contribution in [0.5, 0.6) is 0 Å². The summed E-state index contributed by atoms with van der Waals surface area (Å²) in [6.45, 7) is 6.18. The van der Waals surface area contributed by atoms with Gasteiger partial charge in [-0.1, -0.05) is 13.8 Å². The van der Waals surface area contributed by atoms with E-state index in [0.717, 1.165) is 39.8 Å². The van der Waals surface area contributed by atoms with Crippen molar-refractivity contribution in [2.24, 2.45) is 5.41 Å². The van der Waals surface area contributed by atoms with Crippen LogP contribution in [-0.4, -0.2) is 20.5 Å². The number of ketones is 1. The maximum atomic E-state index is 12.5. The predicted octanol–water partition coefficient (Wildman–Crippen LogP) is 3.47. The van der Waals surface area contributed by atoms with E-state index in [0.29, 0.717) is 12.2 Å². The van der Waals surface area contributed by atoms with Crippen molar-refractivity contribution in [2.75, 3.05) is 5.73 Å². The largest absolute Gasteiger partial charge is 0.383 e. The highest BCUT2D eigenvalue weighted by Crippen LogP contribution is 2.37. The standard InChI is InChI=1S/C19H20N4O/c1-11-17-15(9-19(2,3)10-16(17)24)23(22-11)13-4-5-14-12(8-13)6-7-21-18(14)20/h4-8H,9-10H2,1-3H3,(H2,20,21). The Balaban J connectivity index is 1.92. The Morgan fingerprint density at radius 3 is 2.79 bits per heavy atom. The first-order valence-electron chi connectivity index (χ1n) is 8.12. The zero-order valence-electron chi connectivity index (χ0n) is 14.1. The highest BCUT2D eigenvalue weighted by molar-refractivity contribution is 6.00. The van der Waals surface area contributed by atoms with Crippen LogP contribution >= 0.6 is 0 Å². The van der Waals surface area contributed by atoms with E-state index in [9.17, 15) is 4.79 Å². The second-order valence-corrected chi connectivity index (χ2v) is 7.36. The smallest absolute Gasteiger partial charge is 0.167 e. The predicted molar refractivity (Wildman–Crippen MR) is 94.4 cm³/mol. The molecule has 5 heteroatoms. The second-order valence-electron chi connectivity index (χ2n) is 7.36. The van der Waals surface area contributed by atoms with Crippen LogP contribution in [0.1, 0.15) is 42.0 Å². The molecule has 2 aromatic heterocycles. The lowest BCUT2D eigenvalue weighted by molar-refractivity contribution is 0.0910. The van der Waals surface area contributed by atoms with Crippen LogP contribution < -0.4 is 5.73 Å². The molecule has 0 fully saturated rings. The minimum Gasteiger partial charge on any atom is -0.383 e. The summed E-state index contributed by atoms with van der Waals surface area (Å²) in [5, 5.41) is 6.60. The molecule has 0 amide bonds. The molecule has 2 N–H and O–H groups in total. The van der Waals surface area contributed by atoms with Crippen molar-refractivity contribution < 1.29 is 4.79 Å². The van der Waals surface area contributed by atoms with Crippen LogP contribution in [-0.2, 0) is 6.42 Å². The SMILES string of the molecule is Cc1nn(-c2ccc3c(N)nccc3c2)c2c1C(=O)CC(C)(C)C2. The molecular weight excluding hydrogens is 300 g/mol. The average molecular weight is 320 g/mol. The van der Waals surface area contributed by atoms with Crippen molar-refractivity contribution in [1.82, 2.24) is 14.8 Å². The number of pyridine rings is 1. The van der Waals surface area contributed by atoms with Gasteiger partial charge in [-0.3, -0.25) is 4.79 Å². The first-order valence-corrected chi connectivity index (χ1v) is 8.12. The normalized spacial score (nSPS) is 16.4. The molecule has 24 heavy (non-hydrogen) atoms.